The van der Waals surface area contributed by atoms with E-state index in [2.05, 4.69) is 11.0 Å². The zero-order chi connectivity index (χ0) is 23.5. The molecule has 8 heteroatoms. The number of fused-ring (bicyclic) bond motifs is 2. The minimum atomic E-state index is -2.86. The summed E-state index contributed by atoms with van der Waals surface area (Å²) in [5, 5.41) is 12.2. The van der Waals surface area contributed by atoms with Gasteiger partial charge in [-0.3, -0.25) is 5.14 Å². The highest BCUT2D eigenvalue weighted by molar-refractivity contribution is 7.98. The summed E-state index contributed by atoms with van der Waals surface area (Å²) in [7, 11) is -2.86. The first-order valence-corrected chi connectivity index (χ1v) is 12.6. The predicted octanol–water partition coefficient (Wildman–Crippen LogP) is 3.35. The normalized spacial score (nSPS) is 16.9. The molecule has 170 valence electrons. The Kier molecular flexibility index (Phi) is 4.62. The SMILES string of the molecule is C=S(N)(=O)c1ccc(-c2cnn3cc(-c4ccc(C5(N)COC5)cc4)cnc23)c2ccccc12. The first kappa shape index (κ1) is 21.0. The van der Waals surface area contributed by atoms with Crippen LogP contribution < -0.4 is 10.9 Å². The molecule has 1 aliphatic rings. The Hall–Kier alpha value is -3.56. The van der Waals surface area contributed by atoms with E-state index in [1.807, 2.05) is 67.0 Å². The molecule has 3 aromatic carbocycles. The second-order valence-corrected chi connectivity index (χ2v) is 10.7. The molecule has 0 bridgehead atoms. The van der Waals surface area contributed by atoms with E-state index in [4.69, 9.17) is 20.6 Å². The van der Waals surface area contributed by atoms with Gasteiger partial charge in [-0.15, -0.1) is 0 Å². The third-order valence-electron chi connectivity index (χ3n) is 6.42. The third-order valence-corrected chi connectivity index (χ3v) is 7.52. The average molecular weight is 470 g/mol. The second-order valence-electron chi connectivity index (χ2n) is 8.78. The van der Waals surface area contributed by atoms with E-state index in [0.29, 0.717) is 18.1 Å². The first-order chi connectivity index (χ1) is 16.3. The highest BCUT2D eigenvalue weighted by atomic mass is 32.2. The molecule has 34 heavy (non-hydrogen) atoms. The van der Waals surface area contributed by atoms with Gasteiger partial charge in [0.2, 0.25) is 0 Å². The molecule has 5 aromatic rings. The largest absolute Gasteiger partial charge is 0.377 e. The molecule has 1 saturated heterocycles. The van der Waals surface area contributed by atoms with Crippen molar-refractivity contribution in [3.05, 3.63) is 84.8 Å². The monoisotopic (exact) mass is 469 g/mol. The fraction of sp³-hybridized carbons (Fsp3) is 0.115. The average Bonchev–Trinajstić information content (AvgIpc) is 3.24. The maximum atomic E-state index is 12.5. The van der Waals surface area contributed by atoms with Gasteiger partial charge in [0.15, 0.2) is 5.65 Å². The van der Waals surface area contributed by atoms with E-state index >= 15 is 0 Å². The lowest BCUT2D eigenvalue weighted by Crippen LogP contribution is -2.54. The number of aromatic nitrogens is 3. The van der Waals surface area contributed by atoms with Crippen LogP contribution in [-0.2, 0) is 20.0 Å². The highest BCUT2D eigenvalue weighted by Crippen LogP contribution is 2.35. The van der Waals surface area contributed by atoms with Gasteiger partial charge in [0.25, 0.3) is 0 Å². The molecule has 7 nitrogen and oxygen atoms in total. The summed E-state index contributed by atoms with van der Waals surface area (Å²) in [6.45, 7) is 1.09. The van der Waals surface area contributed by atoms with Crippen molar-refractivity contribution in [1.82, 2.24) is 14.6 Å². The molecular weight excluding hydrogens is 446 g/mol. The Morgan fingerprint density at radius 3 is 2.35 bits per heavy atom. The van der Waals surface area contributed by atoms with Crippen molar-refractivity contribution in [2.24, 2.45) is 10.9 Å². The lowest BCUT2D eigenvalue weighted by molar-refractivity contribution is -0.0569. The van der Waals surface area contributed by atoms with E-state index in [0.717, 1.165) is 44.2 Å². The van der Waals surface area contributed by atoms with Crippen molar-refractivity contribution in [1.29, 1.82) is 0 Å². The molecule has 1 aliphatic heterocycles. The summed E-state index contributed by atoms with van der Waals surface area (Å²) in [5.41, 5.74) is 11.6. The second kappa shape index (κ2) is 7.48. The number of hydrogen-bond acceptors (Lipinski definition) is 5. The smallest absolute Gasteiger partial charge is 0.162 e. The van der Waals surface area contributed by atoms with Gasteiger partial charge in [-0.2, -0.15) is 5.10 Å². The Balaban J connectivity index is 1.42. The Morgan fingerprint density at radius 2 is 1.68 bits per heavy atom. The molecule has 1 fully saturated rings. The van der Waals surface area contributed by atoms with Crippen LogP contribution >= 0.6 is 0 Å². The van der Waals surface area contributed by atoms with E-state index in [-0.39, 0.29) is 5.54 Å². The first-order valence-electron chi connectivity index (χ1n) is 10.8. The van der Waals surface area contributed by atoms with Gasteiger partial charge >= 0.3 is 0 Å². The molecule has 1 unspecified atom stereocenters. The standard InChI is InChI=1S/C26H23N5O2S/c1-34(28,32)24-11-10-21(20-4-2-3-5-22(20)24)23-13-30-31-14-18(12-29-25(23)31)17-6-8-19(9-7-17)26(27)15-33-16-26/h2-14H,1,15-16,27H2,(H2,28,32). The fourth-order valence-corrected chi connectivity index (χ4v) is 5.35. The topological polar surface area (TPSA) is 109 Å². The van der Waals surface area contributed by atoms with Gasteiger partial charge in [-0.05, 0) is 39.4 Å². The summed E-state index contributed by atoms with van der Waals surface area (Å²) in [5.74, 6) is 3.66. The molecule has 0 aliphatic carbocycles. The van der Waals surface area contributed by atoms with Gasteiger partial charge in [-0.25, -0.2) is 13.7 Å². The molecule has 2 aromatic heterocycles. The van der Waals surface area contributed by atoms with Gasteiger partial charge in [0.1, 0.15) is 0 Å². The molecule has 0 spiro atoms. The van der Waals surface area contributed by atoms with Crippen LogP contribution in [0.5, 0.6) is 0 Å². The van der Waals surface area contributed by atoms with Gasteiger partial charge in [0.05, 0.1) is 39.6 Å². The zero-order valence-electron chi connectivity index (χ0n) is 18.3. The minimum absolute atomic E-state index is 0.388. The summed E-state index contributed by atoms with van der Waals surface area (Å²) in [6, 6.07) is 19.6. The molecule has 1 atom stereocenters. The van der Waals surface area contributed by atoms with Crippen molar-refractivity contribution in [2.45, 2.75) is 10.4 Å². The zero-order valence-corrected chi connectivity index (χ0v) is 19.2. The number of ether oxygens (including phenoxy) is 1. The number of rotatable bonds is 4. The minimum Gasteiger partial charge on any atom is -0.377 e. The number of benzene rings is 3. The summed E-state index contributed by atoms with van der Waals surface area (Å²) >= 11 is 0. The molecule has 6 rings (SSSR count). The molecule has 4 N–H and O–H groups in total. The van der Waals surface area contributed by atoms with E-state index < -0.39 is 9.71 Å². The van der Waals surface area contributed by atoms with E-state index in [1.54, 1.807) is 16.8 Å². The Bertz CT molecular complexity index is 1670. The lowest BCUT2D eigenvalue weighted by Gasteiger charge is -2.38. The molecule has 0 radical (unpaired) electrons. The molecular formula is C26H23N5O2S. The van der Waals surface area contributed by atoms with Crippen LogP contribution in [0.4, 0.5) is 0 Å². The van der Waals surface area contributed by atoms with Crippen LogP contribution in [0, 0.1) is 0 Å². The van der Waals surface area contributed by atoms with Crippen molar-refractivity contribution in [3.63, 3.8) is 0 Å². The fourth-order valence-electron chi connectivity index (χ4n) is 4.50. The Morgan fingerprint density at radius 1 is 0.941 bits per heavy atom. The highest BCUT2D eigenvalue weighted by Gasteiger charge is 2.35. The van der Waals surface area contributed by atoms with Crippen LogP contribution in [0.2, 0.25) is 0 Å². The summed E-state index contributed by atoms with van der Waals surface area (Å²) < 4.78 is 19.6. The molecule has 0 saturated carbocycles. The molecule has 3 heterocycles. The van der Waals surface area contributed by atoms with E-state index in [9.17, 15) is 4.21 Å². The summed E-state index contributed by atoms with van der Waals surface area (Å²) in [4.78, 5) is 5.27. The third kappa shape index (κ3) is 3.31. The van der Waals surface area contributed by atoms with E-state index in [1.165, 1.54) is 0 Å². The van der Waals surface area contributed by atoms with Crippen molar-refractivity contribution in [3.8, 4) is 22.3 Å². The molecule has 0 amide bonds. The van der Waals surface area contributed by atoms with Gasteiger partial charge in [-0.1, -0.05) is 54.6 Å². The quantitative estimate of drug-likeness (QED) is 0.393. The van der Waals surface area contributed by atoms with Crippen molar-refractivity contribution in [2.75, 3.05) is 13.2 Å². The van der Waals surface area contributed by atoms with Crippen LogP contribution in [0.25, 0.3) is 38.7 Å². The Labute approximate surface area is 197 Å². The maximum Gasteiger partial charge on any atom is 0.162 e. The summed E-state index contributed by atoms with van der Waals surface area (Å²) in [6.07, 6.45) is 5.61. The van der Waals surface area contributed by atoms with Crippen molar-refractivity contribution < 1.29 is 8.95 Å². The van der Waals surface area contributed by atoms with Crippen LogP contribution in [-0.4, -0.2) is 37.9 Å². The van der Waals surface area contributed by atoms with Gasteiger partial charge in [0, 0.05) is 23.5 Å². The van der Waals surface area contributed by atoms with Crippen molar-refractivity contribution >= 4 is 32.0 Å². The number of nitrogens with zero attached hydrogens (tertiary/aromatic N) is 3. The number of hydrogen-bond donors (Lipinski definition) is 2. The predicted molar refractivity (Wildman–Crippen MR) is 136 cm³/mol. The van der Waals surface area contributed by atoms with Crippen LogP contribution in [0.3, 0.4) is 0 Å². The van der Waals surface area contributed by atoms with Crippen LogP contribution in [0.1, 0.15) is 5.56 Å². The lowest BCUT2D eigenvalue weighted by atomic mass is 9.88. The van der Waals surface area contributed by atoms with Gasteiger partial charge < -0.3 is 10.5 Å². The number of nitrogens with two attached hydrogens (primary N) is 2. The maximum absolute atomic E-state index is 12.5. The van der Waals surface area contributed by atoms with Crippen LogP contribution in [0.15, 0.2) is 84.1 Å².